The summed E-state index contributed by atoms with van der Waals surface area (Å²) in [6.07, 6.45) is 6.67. The van der Waals surface area contributed by atoms with Crippen molar-refractivity contribution in [3.63, 3.8) is 0 Å². The van der Waals surface area contributed by atoms with Crippen LogP contribution in [-0.2, 0) is 33.4 Å². The first kappa shape index (κ1) is 42.5. The van der Waals surface area contributed by atoms with Gasteiger partial charge < -0.3 is 29.6 Å². The van der Waals surface area contributed by atoms with Crippen LogP contribution in [0.15, 0.2) is 78.9 Å². The number of hydrogen-bond acceptors (Lipinski definition) is 6. The zero-order chi connectivity index (χ0) is 39.8. The molecule has 0 aromatic heterocycles. The molecule has 5 rings (SSSR count). The van der Waals surface area contributed by atoms with Gasteiger partial charge in [0.15, 0.2) is 9.04 Å². The first-order valence-corrected chi connectivity index (χ1v) is 23.3. The van der Waals surface area contributed by atoms with Crippen LogP contribution >= 0.6 is 0 Å². The van der Waals surface area contributed by atoms with Gasteiger partial charge in [0.25, 0.3) is 5.91 Å². The normalized spacial score (nSPS) is 19.9. The summed E-state index contributed by atoms with van der Waals surface area (Å²) in [7, 11) is -1.88. The van der Waals surface area contributed by atoms with Crippen molar-refractivity contribution in [3.05, 3.63) is 101 Å². The maximum atomic E-state index is 15.3. The molecule has 300 valence electrons. The fraction of sp³-hybridized carbons (Fsp3) is 0.565. The van der Waals surface area contributed by atoms with E-state index in [9.17, 15) is 9.90 Å². The van der Waals surface area contributed by atoms with Crippen LogP contribution in [0.4, 0.5) is 4.79 Å². The summed E-state index contributed by atoms with van der Waals surface area (Å²) in [5.41, 5.74) is 1.75. The molecular weight excluding hydrogens is 705 g/mol. The average Bonchev–Trinajstić information content (AvgIpc) is 3.43. The molecule has 0 spiro atoms. The summed E-state index contributed by atoms with van der Waals surface area (Å²) in [6.45, 7) is 16.9. The lowest BCUT2D eigenvalue weighted by Crippen LogP contribution is -2.58. The molecule has 2 aliphatic carbocycles. The molecule has 55 heavy (non-hydrogen) atoms. The topological polar surface area (TPSA) is 106 Å². The lowest BCUT2D eigenvalue weighted by molar-refractivity contribution is -0.142. The van der Waals surface area contributed by atoms with Crippen molar-refractivity contribution in [3.8, 4) is 5.75 Å². The van der Waals surface area contributed by atoms with Gasteiger partial charge in [-0.05, 0) is 98.3 Å². The Labute approximate surface area is 331 Å². The standard InChI is InChI=1S/C46H66N2O6Si/c1-44(2,3)38(39(27-32-17-11-9-12-18-32)47-43(51)53-45(4,5)6)30-46(54-55(7)8,42(50)48-41-37-22-16-15-21-35(37)28-40(41)49)29-33-23-25-36(26-24-33)52-31-34-19-13-10-14-20-34/h10,13-16,19-26,32,38-41,49,55H,9,11-12,17-18,27-31H2,1-8H3,(H,47,51)(H,48,50)/t38-,39+,40-,41+,46+/m1/s1. The van der Waals surface area contributed by atoms with E-state index in [1.54, 1.807) is 0 Å². The van der Waals surface area contributed by atoms with Crippen LogP contribution in [0.2, 0.25) is 13.1 Å². The molecule has 0 bridgehead atoms. The summed E-state index contributed by atoms with van der Waals surface area (Å²) in [5.74, 6) is 0.821. The molecule has 0 aliphatic heterocycles. The van der Waals surface area contributed by atoms with E-state index in [4.69, 9.17) is 13.9 Å². The highest BCUT2D eigenvalue weighted by atomic mass is 28.3. The van der Waals surface area contributed by atoms with Gasteiger partial charge in [-0.25, -0.2) is 4.79 Å². The van der Waals surface area contributed by atoms with Crippen LogP contribution in [0.25, 0.3) is 0 Å². The molecule has 1 saturated carbocycles. The average molecular weight is 771 g/mol. The number of alkyl carbamates (subject to hydrolysis) is 1. The number of carbonyl (C=O) groups is 2. The van der Waals surface area contributed by atoms with E-state index >= 15 is 4.79 Å². The van der Waals surface area contributed by atoms with Crippen molar-refractivity contribution < 1.29 is 28.6 Å². The minimum absolute atomic E-state index is 0.158. The van der Waals surface area contributed by atoms with Gasteiger partial charge in [0.2, 0.25) is 0 Å². The van der Waals surface area contributed by atoms with Crippen LogP contribution in [0.3, 0.4) is 0 Å². The lowest BCUT2D eigenvalue weighted by Gasteiger charge is -2.46. The van der Waals surface area contributed by atoms with Crippen LogP contribution < -0.4 is 15.4 Å². The van der Waals surface area contributed by atoms with E-state index in [0.717, 1.165) is 47.3 Å². The number of ether oxygens (including phenoxy) is 2. The molecule has 0 heterocycles. The summed E-state index contributed by atoms with van der Waals surface area (Å²) in [4.78, 5) is 28.9. The van der Waals surface area contributed by atoms with Crippen LogP contribution in [0.1, 0.15) is 115 Å². The minimum Gasteiger partial charge on any atom is -0.489 e. The number of benzene rings is 3. The molecular formula is C46H66N2O6Si. The minimum atomic E-state index is -1.88. The third kappa shape index (κ3) is 12.2. The van der Waals surface area contributed by atoms with E-state index in [1.165, 1.54) is 19.3 Å². The number of fused-ring (bicyclic) bond motifs is 1. The molecule has 8 nitrogen and oxygen atoms in total. The predicted molar refractivity (Wildman–Crippen MR) is 223 cm³/mol. The maximum absolute atomic E-state index is 15.3. The Kier molecular flexibility index (Phi) is 14.3. The fourth-order valence-electron chi connectivity index (χ4n) is 8.61. The molecule has 3 aromatic rings. The number of hydrogen-bond donors (Lipinski definition) is 3. The number of nitrogens with one attached hydrogen (secondary N) is 2. The summed E-state index contributed by atoms with van der Waals surface area (Å²) in [6, 6.07) is 25.2. The summed E-state index contributed by atoms with van der Waals surface area (Å²) < 4.78 is 19.1. The van der Waals surface area contributed by atoms with E-state index < -0.39 is 38.5 Å². The van der Waals surface area contributed by atoms with Gasteiger partial charge in [0.1, 0.15) is 23.6 Å². The van der Waals surface area contributed by atoms with E-state index in [2.05, 4.69) is 44.5 Å². The van der Waals surface area contributed by atoms with Gasteiger partial charge in [-0.3, -0.25) is 4.79 Å². The number of carbonyl (C=O) groups excluding carboxylic acids is 2. The van der Waals surface area contributed by atoms with Crippen molar-refractivity contribution in [2.24, 2.45) is 17.3 Å². The Morgan fingerprint density at radius 2 is 1.51 bits per heavy atom. The second-order valence-electron chi connectivity index (χ2n) is 18.3. The Bertz CT molecular complexity index is 1680. The first-order chi connectivity index (χ1) is 26.0. The Balaban J connectivity index is 1.53. The second kappa shape index (κ2) is 18.5. The van der Waals surface area contributed by atoms with Crippen molar-refractivity contribution in [2.75, 3.05) is 0 Å². The molecule has 5 atom stereocenters. The summed E-state index contributed by atoms with van der Waals surface area (Å²) >= 11 is 0. The zero-order valence-corrected chi connectivity index (χ0v) is 35.7. The molecule has 0 radical (unpaired) electrons. The van der Waals surface area contributed by atoms with Gasteiger partial charge in [-0.2, -0.15) is 0 Å². The fourth-order valence-corrected chi connectivity index (χ4v) is 9.80. The van der Waals surface area contributed by atoms with Crippen molar-refractivity contribution in [2.45, 2.75) is 148 Å². The lowest BCUT2D eigenvalue weighted by atomic mass is 9.67. The molecule has 1 fully saturated rings. The third-order valence-corrected chi connectivity index (χ3v) is 12.1. The number of aliphatic hydroxyl groups excluding tert-OH is 1. The van der Waals surface area contributed by atoms with Gasteiger partial charge in [-0.15, -0.1) is 0 Å². The number of rotatable bonds is 15. The maximum Gasteiger partial charge on any atom is 0.407 e. The van der Waals surface area contributed by atoms with Gasteiger partial charge in [0.05, 0.1) is 12.1 Å². The molecule has 3 aromatic carbocycles. The Morgan fingerprint density at radius 3 is 2.15 bits per heavy atom. The smallest absolute Gasteiger partial charge is 0.407 e. The third-order valence-electron chi connectivity index (χ3n) is 11.2. The van der Waals surface area contributed by atoms with Crippen LogP contribution in [0.5, 0.6) is 5.75 Å². The molecule has 2 aliphatic rings. The highest BCUT2D eigenvalue weighted by molar-refractivity contribution is 6.48. The van der Waals surface area contributed by atoms with E-state index in [0.29, 0.717) is 31.8 Å². The monoisotopic (exact) mass is 770 g/mol. The first-order valence-electron chi connectivity index (χ1n) is 20.5. The Morgan fingerprint density at radius 1 is 0.855 bits per heavy atom. The van der Waals surface area contributed by atoms with Crippen molar-refractivity contribution in [1.82, 2.24) is 10.6 Å². The van der Waals surface area contributed by atoms with Gasteiger partial charge in [0, 0.05) is 18.9 Å². The zero-order valence-electron chi connectivity index (χ0n) is 34.5. The Hall–Kier alpha value is -3.66. The SMILES string of the molecule is C[SiH](C)O[C@@](Cc1ccc(OCc2ccccc2)cc1)(C[C@H]([C@H](CC1CCCCC1)NC(=O)OC(C)(C)C)C(C)(C)C)C(=O)N[C@H]1c2ccccc2C[C@H]1O. The van der Waals surface area contributed by atoms with Crippen molar-refractivity contribution >= 4 is 21.0 Å². The van der Waals surface area contributed by atoms with E-state index in [1.807, 2.05) is 99.6 Å². The highest BCUT2D eigenvalue weighted by Gasteiger charge is 2.49. The predicted octanol–water partition coefficient (Wildman–Crippen LogP) is 9.24. The van der Waals surface area contributed by atoms with Crippen molar-refractivity contribution in [1.29, 1.82) is 0 Å². The highest BCUT2D eigenvalue weighted by Crippen LogP contribution is 2.43. The molecule has 3 N–H and O–H groups in total. The van der Waals surface area contributed by atoms with Gasteiger partial charge >= 0.3 is 6.09 Å². The van der Waals surface area contributed by atoms with E-state index in [-0.39, 0.29) is 23.3 Å². The largest absolute Gasteiger partial charge is 0.489 e. The quantitative estimate of drug-likeness (QED) is 0.133. The molecule has 2 amide bonds. The van der Waals surface area contributed by atoms with Crippen LogP contribution in [0, 0.1) is 17.3 Å². The number of aliphatic hydroxyl groups is 1. The second-order valence-corrected chi connectivity index (χ2v) is 20.7. The molecule has 9 heteroatoms. The van der Waals surface area contributed by atoms with Gasteiger partial charge in [-0.1, -0.05) is 120 Å². The molecule has 0 saturated heterocycles. The number of amides is 2. The van der Waals surface area contributed by atoms with Crippen LogP contribution in [-0.4, -0.2) is 49.5 Å². The summed E-state index contributed by atoms with van der Waals surface area (Å²) in [5, 5.41) is 18.0. The molecule has 0 unspecified atom stereocenters.